The van der Waals surface area contributed by atoms with Crippen LogP contribution in [-0.2, 0) is 4.79 Å². The fourth-order valence-corrected chi connectivity index (χ4v) is 2.76. The molecule has 3 N–H and O–H groups in total. The van der Waals surface area contributed by atoms with Gasteiger partial charge < -0.3 is 16.0 Å². The Hall–Kier alpha value is -1.26. The number of aliphatic imine (C=N–C) groups is 1. The molecule has 1 amide bonds. The summed E-state index contributed by atoms with van der Waals surface area (Å²) in [7, 11) is 1.77. The van der Waals surface area contributed by atoms with Crippen molar-refractivity contribution in [3.8, 4) is 0 Å². The number of carbonyl (C=O) groups excluding carboxylic acids is 1. The molecule has 1 aliphatic carbocycles. The fourth-order valence-electron chi connectivity index (χ4n) is 2.76. The summed E-state index contributed by atoms with van der Waals surface area (Å²) in [6, 6.07) is 0. The van der Waals surface area contributed by atoms with Gasteiger partial charge in [-0.3, -0.25) is 9.79 Å². The number of rotatable bonds is 9. The quantitative estimate of drug-likeness (QED) is 0.346. The Bertz CT molecular complexity index is 311. The van der Waals surface area contributed by atoms with Crippen molar-refractivity contribution in [3.63, 3.8) is 0 Å². The normalized spacial score (nSPS) is 16.0. The van der Waals surface area contributed by atoms with Crippen molar-refractivity contribution < 1.29 is 4.79 Å². The third-order valence-electron chi connectivity index (χ3n) is 4.00. The van der Waals surface area contributed by atoms with Gasteiger partial charge in [-0.05, 0) is 25.2 Å². The standard InChI is InChI=1S/C16H32N4O/c1-3-11-18-15(21)10-13-20-16(17-2)19-12-6-9-14-7-4-5-8-14/h14H,3-13H2,1-2H3,(H,18,21)(H2,17,19,20). The molecule has 1 aliphatic rings. The van der Waals surface area contributed by atoms with Crippen LogP contribution in [-0.4, -0.2) is 38.5 Å². The second-order valence-electron chi connectivity index (χ2n) is 5.82. The molecule has 21 heavy (non-hydrogen) atoms. The summed E-state index contributed by atoms with van der Waals surface area (Å²) in [5.41, 5.74) is 0. The van der Waals surface area contributed by atoms with E-state index < -0.39 is 0 Å². The number of nitrogens with one attached hydrogen (secondary N) is 3. The van der Waals surface area contributed by atoms with E-state index in [9.17, 15) is 4.79 Å². The highest BCUT2D eigenvalue weighted by molar-refractivity contribution is 5.81. The van der Waals surface area contributed by atoms with Gasteiger partial charge in [-0.15, -0.1) is 0 Å². The first-order valence-electron chi connectivity index (χ1n) is 8.47. The Labute approximate surface area is 129 Å². The monoisotopic (exact) mass is 296 g/mol. The third kappa shape index (κ3) is 8.58. The summed E-state index contributed by atoms with van der Waals surface area (Å²) >= 11 is 0. The topological polar surface area (TPSA) is 65.5 Å². The van der Waals surface area contributed by atoms with Gasteiger partial charge in [0.15, 0.2) is 5.96 Å². The number of hydrogen-bond acceptors (Lipinski definition) is 2. The highest BCUT2D eigenvalue weighted by Crippen LogP contribution is 2.28. The summed E-state index contributed by atoms with van der Waals surface area (Å²) in [6.45, 7) is 4.39. The van der Waals surface area contributed by atoms with Crippen molar-refractivity contribution in [2.45, 2.75) is 58.3 Å². The SMILES string of the molecule is CCCNC(=O)CCNC(=NC)NCCCC1CCCC1. The average Bonchev–Trinajstić information content (AvgIpc) is 3.00. The molecule has 0 aromatic heterocycles. The van der Waals surface area contributed by atoms with E-state index in [0.29, 0.717) is 13.0 Å². The second kappa shape index (κ2) is 11.4. The molecule has 0 saturated heterocycles. The van der Waals surface area contributed by atoms with Gasteiger partial charge in [-0.1, -0.05) is 32.6 Å². The molecule has 5 heteroatoms. The minimum absolute atomic E-state index is 0.0982. The average molecular weight is 296 g/mol. The van der Waals surface area contributed by atoms with E-state index >= 15 is 0 Å². The first-order valence-corrected chi connectivity index (χ1v) is 8.47. The Balaban J connectivity index is 2.01. The van der Waals surface area contributed by atoms with Crippen LogP contribution in [0.15, 0.2) is 4.99 Å². The van der Waals surface area contributed by atoms with Crippen LogP contribution in [0.3, 0.4) is 0 Å². The van der Waals surface area contributed by atoms with E-state index in [1.807, 2.05) is 0 Å². The molecular weight excluding hydrogens is 264 g/mol. The molecule has 0 aromatic carbocycles. The van der Waals surface area contributed by atoms with Crippen molar-refractivity contribution >= 4 is 11.9 Å². The molecular formula is C16H32N4O. The maximum Gasteiger partial charge on any atom is 0.221 e. The maximum absolute atomic E-state index is 11.5. The molecule has 1 saturated carbocycles. The van der Waals surface area contributed by atoms with Gasteiger partial charge in [0, 0.05) is 33.1 Å². The second-order valence-corrected chi connectivity index (χ2v) is 5.82. The van der Waals surface area contributed by atoms with Gasteiger partial charge in [0.2, 0.25) is 5.91 Å². The van der Waals surface area contributed by atoms with Gasteiger partial charge in [0.05, 0.1) is 0 Å². The van der Waals surface area contributed by atoms with Crippen LogP contribution >= 0.6 is 0 Å². The lowest BCUT2D eigenvalue weighted by Gasteiger charge is -2.13. The van der Waals surface area contributed by atoms with Crippen LogP contribution in [0.1, 0.15) is 58.3 Å². The van der Waals surface area contributed by atoms with E-state index in [2.05, 4.69) is 27.9 Å². The first kappa shape index (κ1) is 17.8. The maximum atomic E-state index is 11.5. The zero-order chi connectivity index (χ0) is 15.3. The number of carbonyl (C=O) groups is 1. The van der Waals surface area contributed by atoms with Gasteiger partial charge >= 0.3 is 0 Å². The molecule has 5 nitrogen and oxygen atoms in total. The Morgan fingerprint density at radius 3 is 2.48 bits per heavy atom. The summed E-state index contributed by atoms with van der Waals surface area (Å²) in [5.74, 6) is 1.84. The zero-order valence-electron chi connectivity index (χ0n) is 13.7. The Kier molecular flexibility index (Phi) is 9.66. The molecule has 122 valence electrons. The van der Waals surface area contributed by atoms with Crippen LogP contribution in [0.4, 0.5) is 0 Å². The summed E-state index contributed by atoms with van der Waals surface area (Å²) in [4.78, 5) is 15.6. The van der Waals surface area contributed by atoms with Gasteiger partial charge in [0.25, 0.3) is 0 Å². The van der Waals surface area contributed by atoms with Crippen LogP contribution in [0.2, 0.25) is 0 Å². The van der Waals surface area contributed by atoms with Gasteiger partial charge in [-0.25, -0.2) is 0 Å². The van der Waals surface area contributed by atoms with E-state index in [4.69, 9.17) is 0 Å². The van der Waals surface area contributed by atoms with Crippen LogP contribution < -0.4 is 16.0 Å². The summed E-state index contributed by atoms with van der Waals surface area (Å²) in [6.07, 6.45) is 9.65. The predicted molar refractivity (Wildman–Crippen MR) is 88.5 cm³/mol. The molecule has 0 atom stereocenters. The number of hydrogen-bond donors (Lipinski definition) is 3. The van der Waals surface area contributed by atoms with E-state index in [0.717, 1.165) is 31.4 Å². The highest BCUT2D eigenvalue weighted by atomic mass is 16.1. The summed E-state index contributed by atoms with van der Waals surface area (Å²) in [5, 5.41) is 9.37. The third-order valence-corrected chi connectivity index (χ3v) is 4.00. The lowest BCUT2D eigenvalue weighted by Crippen LogP contribution is -2.39. The fraction of sp³-hybridized carbons (Fsp3) is 0.875. The minimum atomic E-state index is 0.0982. The molecule has 0 aliphatic heterocycles. The molecule has 0 radical (unpaired) electrons. The van der Waals surface area contributed by atoms with Gasteiger partial charge in [0.1, 0.15) is 0 Å². The number of guanidine groups is 1. The molecule has 0 heterocycles. The van der Waals surface area contributed by atoms with Crippen LogP contribution in [0.5, 0.6) is 0 Å². The van der Waals surface area contributed by atoms with E-state index in [-0.39, 0.29) is 5.91 Å². The zero-order valence-corrected chi connectivity index (χ0v) is 13.7. The van der Waals surface area contributed by atoms with Crippen LogP contribution in [0, 0.1) is 5.92 Å². The van der Waals surface area contributed by atoms with Crippen molar-refractivity contribution in [1.29, 1.82) is 0 Å². The van der Waals surface area contributed by atoms with Crippen molar-refractivity contribution in [2.75, 3.05) is 26.7 Å². The lowest BCUT2D eigenvalue weighted by molar-refractivity contribution is -0.120. The molecule has 0 unspecified atom stereocenters. The van der Waals surface area contributed by atoms with Crippen molar-refractivity contribution in [2.24, 2.45) is 10.9 Å². The van der Waals surface area contributed by atoms with Gasteiger partial charge in [-0.2, -0.15) is 0 Å². The van der Waals surface area contributed by atoms with E-state index in [1.54, 1.807) is 7.05 Å². The number of amides is 1. The van der Waals surface area contributed by atoms with Crippen molar-refractivity contribution in [1.82, 2.24) is 16.0 Å². The predicted octanol–water partition coefficient (Wildman–Crippen LogP) is 2.04. The Morgan fingerprint density at radius 2 is 1.81 bits per heavy atom. The first-order chi connectivity index (χ1) is 10.3. The largest absolute Gasteiger partial charge is 0.356 e. The number of nitrogens with zero attached hydrogens (tertiary/aromatic N) is 1. The molecule has 0 bridgehead atoms. The molecule has 0 spiro atoms. The molecule has 0 aromatic rings. The molecule has 1 fully saturated rings. The Morgan fingerprint density at radius 1 is 1.10 bits per heavy atom. The lowest BCUT2D eigenvalue weighted by atomic mass is 10.0. The highest BCUT2D eigenvalue weighted by Gasteiger charge is 2.13. The smallest absolute Gasteiger partial charge is 0.221 e. The van der Waals surface area contributed by atoms with Crippen molar-refractivity contribution in [3.05, 3.63) is 0 Å². The molecule has 1 rings (SSSR count). The summed E-state index contributed by atoms with van der Waals surface area (Å²) < 4.78 is 0. The van der Waals surface area contributed by atoms with E-state index in [1.165, 1.54) is 38.5 Å². The minimum Gasteiger partial charge on any atom is -0.356 e. The van der Waals surface area contributed by atoms with Crippen LogP contribution in [0.25, 0.3) is 0 Å².